The molecule has 0 bridgehead atoms. The Morgan fingerprint density at radius 2 is 1.78 bits per heavy atom. The van der Waals surface area contributed by atoms with Crippen molar-refractivity contribution in [3.05, 3.63) is 35.9 Å². The first-order valence-electron chi connectivity index (χ1n) is 9.74. The summed E-state index contributed by atoms with van der Waals surface area (Å²) >= 11 is 0. The van der Waals surface area contributed by atoms with Crippen LogP contribution in [0.2, 0.25) is 0 Å². The summed E-state index contributed by atoms with van der Waals surface area (Å²) < 4.78 is 10.5. The Kier molecular flexibility index (Phi) is 9.31. The van der Waals surface area contributed by atoms with Gasteiger partial charge in [-0.15, -0.1) is 0 Å². The molecule has 0 saturated heterocycles. The van der Waals surface area contributed by atoms with E-state index in [9.17, 15) is 10.1 Å². The number of benzene rings is 1. The lowest BCUT2D eigenvalue weighted by atomic mass is 9.82. The number of hydrogen-bond donors (Lipinski definition) is 0. The molecule has 1 saturated carbocycles. The summed E-state index contributed by atoms with van der Waals surface area (Å²) in [5, 5.41) is 9.36. The lowest BCUT2D eigenvalue weighted by Crippen LogP contribution is -2.51. The molecule has 0 aliphatic heterocycles. The summed E-state index contributed by atoms with van der Waals surface area (Å²) in [6.45, 7) is 9.02. The molecule has 5 nitrogen and oxygen atoms in total. The van der Waals surface area contributed by atoms with E-state index in [1.165, 1.54) is 10.5 Å². The highest BCUT2D eigenvalue weighted by Gasteiger charge is 2.40. The highest BCUT2D eigenvalue weighted by atomic mass is 16.6. The Morgan fingerprint density at radius 1 is 1.19 bits per heavy atom. The SMILES string of the molecule is CCOCc1ccccc1.CN(C(=O)OC(C)(C)C)C1(C#N)CCCCC1. The average molecular weight is 375 g/mol. The zero-order chi connectivity index (χ0) is 20.3. The van der Waals surface area contributed by atoms with Gasteiger partial charge in [-0.3, -0.25) is 4.90 Å². The summed E-state index contributed by atoms with van der Waals surface area (Å²) in [7, 11) is 1.67. The van der Waals surface area contributed by atoms with E-state index < -0.39 is 17.2 Å². The topological polar surface area (TPSA) is 62.6 Å². The first-order valence-corrected chi connectivity index (χ1v) is 9.74. The number of hydrogen-bond acceptors (Lipinski definition) is 4. The lowest BCUT2D eigenvalue weighted by Gasteiger charge is -2.39. The minimum atomic E-state index is -0.666. The maximum Gasteiger partial charge on any atom is 0.411 e. The van der Waals surface area contributed by atoms with Gasteiger partial charge in [0.1, 0.15) is 11.1 Å². The zero-order valence-corrected chi connectivity index (χ0v) is 17.5. The van der Waals surface area contributed by atoms with Crippen LogP contribution in [0, 0.1) is 11.3 Å². The highest BCUT2D eigenvalue weighted by molar-refractivity contribution is 5.69. The second-order valence-corrected chi connectivity index (χ2v) is 7.87. The third-order valence-corrected chi connectivity index (χ3v) is 4.51. The van der Waals surface area contributed by atoms with Gasteiger partial charge in [-0.1, -0.05) is 49.6 Å². The van der Waals surface area contributed by atoms with Crippen molar-refractivity contribution in [2.45, 2.75) is 77.5 Å². The summed E-state index contributed by atoms with van der Waals surface area (Å²) in [5.41, 5.74) is 0.0568. The van der Waals surface area contributed by atoms with E-state index in [0.717, 1.165) is 45.3 Å². The van der Waals surface area contributed by atoms with Crippen LogP contribution in [0.4, 0.5) is 4.79 Å². The van der Waals surface area contributed by atoms with Gasteiger partial charge in [0.15, 0.2) is 0 Å². The van der Waals surface area contributed by atoms with E-state index in [1.807, 2.05) is 45.9 Å². The van der Waals surface area contributed by atoms with Gasteiger partial charge in [0.05, 0.1) is 12.7 Å². The van der Waals surface area contributed by atoms with Crippen LogP contribution in [0.1, 0.15) is 65.4 Å². The lowest BCUT2D eigenvalue weighted by molar-refractivity contribution is 0.00837. The summed E-state index contributed by atoms with van der Waals surface area (Å²) in [4.78, 5) is 13.5. The molecule has 27 heavy (non-hydrogen) atoms. The maximum absolute atomic E-state index is 12.0. The molecule has 1 aliphatic carbocycles. The van der Waals surface area contributed by atoms with Crippen LogP contribution >= 0.6 is 0 Å². The third-order valence-electron chi connectivity index (χ3n) is 4.51. The monoisotopic (exact) mass is 374 g/mol. The van der Waals surface area contributed by atoms with E-state index >= 15 is 0 Å². The van der Waals surface area contributed by atoms with Crippen molar-refractivity contribution in [2.75, 3.05) is 13.7 Å². The fourth-order valence-electron chi connectivity index (χ4n) is 2.96. The molecule has 5 heteroatoms. The number of nitriles is 1. The average Bonchev–Trinajstić information content (AvgIpc) is 2.66. The van der Waals surface area contributed by atoms with Crippen molar-refractivity contribution >= 4 is 6.09 Å². The van der Waals surface area contributed by atoms with Gasteiger partial charge in [0.2, 0.25) is 0 Å². The number of ether oxygens (including phenoxy) is 2. The maximum atomic E-state index is 12.0. The smallest absolute Gasteiger partial charge is 0.411 e. The summed E-state index contributed by atoms with van der Waals surface area (Å²) in [5.74, 6) is 0. The van der Waals surface area contributed by atoms with Gasteiger partial charge in [-0.25, -0.2) is 4.79 Å². The Morgan fingerprint density at radius 3 is 2.26 bits per heavy atom. The number of carbonyl (C=O) groups excluding carboxylic acids is 1. The van der Waals surface area contributed by atoms with E-state index in [4.69, 9.17) is 9.47 Å². The van der Waals surface area contributed by atoms with Crippen LogP contribution < -0.4 is 0 Å². The molecule has 0 heterocycles. The molecule has 0 radical (unpaired) electrons. The number of rotatable bonds is 4. The van der Waals surface area contributed by atoms with Crippen LogP contribution in [-0.4, -0.2) is 35.8 Å². The molecule has 0 aromatic heterocycles. The molecule has 1 aromatic rings. The Balaban J connectivity index is 0.000000309. The van der Waals surface area contributed by atoms with E-state index in [1.54, 1.807) is 7.05 Å². The minimum absolute atomic E-state index is 0.402. The molecule has 150 valence electrons. The normalized spacial score (nSPS) is 15.7. The van der Waals surface area contributed by atoms with Crippen LogP contribution in [0.15, 0.2) is 30.3 Å². The van der Waals surface area contributed by atoms with Crippen LogP contribution in [0.25, 0.3) is 0 Å². The van der Waals surface area contributed by atoms with Gasteiger partial charge in [-0.2, -0.15) is 5.26 Å². The van der Waals surface area contributed by atoms with E-state index in [-0.39, 0.29) is 0 Å². The molecule has 0 unspecified atom stereocenters. The van der Waals surface area contributed by atoms with Crippen LogP contribution in [-0.2, 0) is 16.1 Å². The molecule has 0 atom stereocenters. The molecular formula is C22H34N2O3. The predicted molar refractivity (Wildman–Crippen MR) is 107 cm³/mol. The molecule has 1 amide bonds. The summed E-state index contributed by atoms with van der Waals surface area (Å²) in [6, 6.07) is 12.5. The van der Waals surface area contributed by atoms with Gasteiger partial charge >= 0.3 is 6.09 Å². The van der Waals surface area contributed by atoms with Crippen LogP contribution in [0.5, 0.6) is 0 Å². The molecule has 0 spiro atoms. The van der Waals surface area contributed by atoms with E-state index in [2.05, 4.69) is 18.2 Å². The standard InChI is InChI=1S/C13H22N2O2.C9H12O/c1-12(2,3)17-11(16)15(4)13(10-14)8-6-5-7-9-13;1-2-10-8-9-6-4-3-5-7-9/h5-9H2,1-4H3;3-7H,2,8H2,1H3. The second-order valence-electron chi connectivity index (χ2n) is 7.87. The van der Waals surface area contributed by atoms with Gasteiger partial charge in [0, 0.05) is 13.7 Å². The Hall–Kier alpha value is -2.06. The largest absolute Gasteiger partial charge is 0.444 e. The number of carbonyl (C=O) groups is 1. The Labute approximate surface area is 164 Å². The molecular weight excluding hydrogens is 340 g/mol. The second kappa shape index (κ2) is 10.9. The van der Waals surface area contributed by atoms with Crippen LogP contribution in [0.3, 0.4) is 0 Å². The molecule has 0 N–H and O–H groups in total. The Bertz CT molecular complexity index is 596. The molecule has 1 fully saturated rings. The fourth-order valence-corrected chi connectivity index (χ4v) is 2.96. The van der Waals surface area contributed by atoms with Crippen molar-refractivity contribution in [1.29, 1.82) is 5.26 Å². The summed E-state index contributed by atoms with van der Waals surface area (Å²) in [6.07, 6.45) is 4.24. The first kappa shape index (κ1) is 23.0. The van der Waals surface area contributed by atoms with E-state index in [0.29, 0.717) is 0 Å². The highest BCUT2D eigenvalue weighted by Crippen LogP contribution is 2.33. The molecule has 1 aliphatic rings. The zero-order valence-electron chi connectivity index (χ0n) is 17.5. The molecule has 2 rings (SSSR count). The van der Waals surface area contributed by atoms with Crippen molar-refractivity contribution in [1.82, 2.24) is 4.90 Å². The van der Waals surface area contributed by atoms with Crippen molar-refractivity contribution < 1.29 is 14.3 Å². The number of nitrogens with zero attached hydrogens (tertiary/aromatic N) is 2. The van der Waals surface area contributed by atoms with Gasteiger partial charge in [-0.05, 0) is 46.1 Å². The van der Waals surface area contributed by atoms with Gasteiger partial charge in [0.25, 0.3) is 0 Å². The van der Waals surface area contributed by atoms with Crippen molar-refractivity contribution in [3.8, 4) is 6.07 Å². The van der Waals surface area contributed by atoms with Crippen molar-refractivity contribution in [3.63, 3.8) is 0 Å². The fraction of sp³-hybridized carbons (Fsp3) is 0.636. The minimum Gasteiger partial charge on any atom is -0.444 e. The first-order chi connectivity index (χ1) is 12.7. The number of amides is 1. The quantitative estimate of drug-likeness (QED) is 0.717. The van der Waals surface area contributed by atoms with Crippen molar-refractivity contribution in [2.24, 2.45) is 0 Å². The predicted octanol–water partition coefficient (Wildman–Crippen LogP) is 5.30. The third kappa shape index (κ3) is 8.01. The van der Waals surface area contributed by atoms with Gasteiger partial charge < -0.3 is 9.47 Å². The molecule has 1 aromatic carbocycles.